The van der Waals surface area contributed by atoms with Crippen molar-refractivity contribution < 1.29 is 19.1 Å². The molecule has 19 heavy (non-hydrogen) atoms. The van der Waals surface area contributed by atoms with E-state index in [1.165, 1.54) is 24.5 Å². The zero-order valence-corrected chi connectivity index (χ0v) is 11.5. The topological polar surface area (TPSA) is 52.6 Å². The fourth-order valence-electron chi connectivity index (χ4n) is 4.01. The number of fused-ring (bicyclic) bond motifs is 3. The van der Waals surface area contributed by atoms with Crippen molar-refractivity contribution in [2.75, 3.05) is 0 Å². The Morgan fingerprint density at radius 2 is 2.16 bits per heavy atom. The molecule has 2 aliphatic carbocycles. The Morgan fingerprint density at radius 1 is 1.37 bits per heavy atom. The molecule has 0 N–H and O–H groups in total. The minimum absolute atomic E-state index is 0.0342. The average molecular weight is 264 g/mol. The van der Waals surface area contributed by atoms with Crippen LogP contribution < -0.4 is 0 Å². The van der Waals surface area contributed by atoms with E-state index in [1.54, 1.807) is 0 Å². The highest BCUT2D eigenvalue weighted by Crippen LogP contribution is 2.47. The van der Waals surface area contributed by atoms with Crippen LogP contribution in [0.2, 0.25) is 0 Å². The second-order valence-electron chi connectivity index (χ2n) is 5.98. The van der Waals surface area contributed by atoms with Crippen LogP contribution in [-0.2, 0) is 19.1 Å². The highest BCUT2D eigenvalue weighted by molar-refractivity contribution is 5.73. The van der Waals surface area contributed by atoms with Gasteiger partial charge < -0.3 is 9.47 Å². The Balaban J connectivity index is 1.94. The minimum atomic E-state index is -0.270. The van der Waals surface area contributed by atoms with Gasteiger partial charge in [-0.1, -0.05) is 11.1 Å². The number of rotatable bonds is 1. The van der Waals surface area contributed by atoms with Crippen molar-refractivity contribution in [3.8, 4) is 0 Å². The number of hydrogen-bond acceptors (Lipinski definition) is 4. The van der Waals surface area contributed by atoms with Crippen LogP contribution in [0.1, 0.15) is 46.0 Å². The molecule has 0 aromatic rings. The summed E-state index contributed by atoms with van der Waals surface area (Å²) in [6, 6.07) is 0. The lowest BCUT2D eigenvalue weighted by Gasteiger charge is -2.26. The van der Waals surface area contributed by atoms with E-state index >= 15 is 0 Å². The highest BCUT2D eigenvalue weighted by Gasteiger charge is 2.49. The van der Waals surface area contributed by atoms with Crippen molar-refractivity contribution in [1.82, 2.24) is 0 Å². The number of ether oxygens (including phenoxy) is 2. The number of carbonyl (C=O) groups is 2. The lowest BCUT2D eigenvalue weighted by Crippen LogP contribution is -2.34. The summed E-state index contributed by atoms with van der Waals surface area (Å²) in [4.78, 5) is 22.9. The summed E-state index contributed by atoms with van der Waals surface area (Å²) in [6.07, 6.45) is 4.23. The molecule has 1 saturated carbocycles. The van der Waals surface area contributed by atoms with Crippen molar-refractivity contribution in [3.63, 3.8) is 0 Å². The standard InChI is InChI=1S/C15H20O4/c1-8-6-13(18-9(2)16)12-7-14(17)19-15(12)11-5-3-4-10(8)11/h11-13,15H,3-7H2,1-2H3/t11-,12+,13+,15+/m0/s1. The Bertz CT molecular complexity index is 451. The first-order valence-electron chi connectivity index (χ1n) is 7.11. The third kappa shape index (κ3) is 2.17. The van der Waals surface area contributed by atoms with Gasteiger partial charge in [-0.25, -0.2) is 0 Å². The molecule has 0 unspecified atom stereocenters. The van der Waals surface area contributed by atoms with Crippen LogP contribution in [0, 0.1) is 11.8 Å². The van der Waals surface area contributed by atoms with Gasteiger partial charge in [0.2, 0.25) is 0 Å². The summed E-state index contributed by atoms with van der Waals surface area (Å²) in [5.74, 6) is -0.0186. The summed E-state index contributed by atoms with van der Waals surface area (Å²) in [7, 11) is 0. The molecular formula is C15H20O4. The van der Waals surface area contributed by atoms with E-state index in [0.717, 1.165) is 19.3 Å². The van der Waals surface area contributed by atoms with Crippen molar-refractivity contribution in [3.05, 3.63) is 11.1 Å². The average Bonchev–Trinajstić information content (AvgIpc) is 2.90. The van der Waals surface area contributed by atoms with Crippen molar-refractivity contribution >= 4 is 11.9 Å². The maximum absolute atomic E-state index is 11.6. The monoisotopic (exact) mass is 264 g/mol. The third-order valence-corrected chi connectivity index (χ3v) is 4.75. The molecule has 0 bridgehead atoms. The maximum atomic E-state index is 11.6. The van der Waals surface area contributed by atoms with Gasteiger partial charge in [-0.3, -0.25) is 9.59 Å². The van der Waals surface area contributed by atoms with Gasteiger partial charge >= 0.3 is 11.9 Å². The number of hydrogen-bond donors (Lipinski definition) is 0. The zero-order chi connectivity index (χ0) is 13.6. The molecule has 1 aliphatic heterocycles. The van der Waals surface area contributed by atoms with Gasteiger partial charge in [0.15, 0.2) is 0 Å². The van der Waals surface area contributed by atoms with Crippen LogP contribution in [-0.4, -0.2) is 24.1 Å². The summed E-state index contributed by atoms with van der Waals surface area (Å²) in [5, 5.41) is 0. The molecule has 0 radical (unpaired) electrons. The van der Waals surface area contributed by atoms with E-state index in [2.05, 4.69) is 6.92 Å². The van der Waals surface area contributed by atoms with Crippen LogP contribution in [0.5, 0.6) is 0 Å². The van der Waals surface area contributed by atoms with Gasteiger partial charge in [0.05, 0.1) is 6.42 Å². The normalized spacial score (nSPS) is 37.5. The molecule has 1 heterocycles. The summed E-state index contributed by atoms with van der Waals surface area (Å²) < 4.78 is 11.0. The van der Waals surface area contributed by atoms with Crippen molar-refractivity contribution in [1.29, 1.82) is 0 Å². The predicted molar refractivity (Wildman–Crippen MR) is 68.2 cm³/mol. The Morgan fingerprint density at radius 3 is 2.89 bits per heavy atom. The molecule has 1 saturated heterocycles. The van der Waals surface area contributed by atoms with Crippen LogP contribution in [0.3, 0.4) is 0 Å². The van der Waals surface area contributed by atoms with Gasteiger partial charge in [0.1, 0.15) is 12.2 Å². The van der Waals surface area contributed by atoms with Gasteiger partial charge in [-0.15, -0.1) is 0 Å². The van der Waals surface area contributed by atoms with Crippen LogP contribution in [0.15, 0.2) is 11.1 Å². The number of carbonyl (C=O) groups excluding carboxylic acids is 2. The van der Waals surface area contributed by atoms with Gasteiger partial charge in [-0.05, 0) is 26.2 Å². The van der Waals surface area contributed by atoms with E-state index in [1.807, 2.05) is 0 Å². The van der Waals surface area contributed by atoms with E-state index in [0.29, 0.717) is 12.3 Å². The minimum Gasteiger partial charge on any atom is -0.462 e. The lowest BCUT2D eigenvalue weighted by atomic mass is 9.86. The molecule has 4 heteroatoms. The predicted octanol–water partition coefficient (Wildman–Crippen LogP) is 2.37. The molecule has 0 aromatic heterocycles. The Kier molecular flexibility index (Phi) is 3.11. The summed E-state index contributed by atoms with van der Waals surface area (Å²) in [6.45, 7) is 3.56. The molecule has 2 fully saturated rings. The highest BCUT2D eigenvalue weighted by atomic mass is 16.6. The molecular weight excluding hydrogens is 244 g/mol. The summed E-state index contributed by atoms with van der Waals surface area (Å²) in [5.41, 5.74) is 2.78. The van der Waals surface area contributed by atoms with Crippen LogP contribution >= 0.6 is 0 Å². The maximum Gasteiger partial charge on any atom is 0.306 e. The van der Waals surface area contributed by atoms with Gasteiger partial charge in [0, 0.05) is 25.2 Å². The molecule has 3 rings (SSSR count). The molecule has 4 atom stereocenters. The quantitative estimate of drug-likeness (QED) is 0.539. The first-order valence-corrected chi connectivity index (χ1v) is 7.11. The SMILES string of the molecule is CC(=O)O[C@@H]1CC(C)=C2CCC[C@@H]2[C@H]2OC(=O)C[C@@H]21. The zero-order valence-electron chi connectivity index (χ0n) is 11.5. The molecule has 104 valence electrons. The largest absolute Gasteiger partial charge is 0.462 e. The Hall–Kier alpha value is -1.32. The first-order chi connectivity index (χ1) is 9.06. The smallest absolute Gasteiger partial charge is 0.306 e. The molecule has 4 nitrogen and oxygen atoms in total. The van der Waals surface area contributed by atoms with E-state index < -0.39 is 0 Å². The molecule has 0 aromatic carbocycles. The van der Waals surface area contributed by atoms with E-state index in [-0.39, 0.29) is 30.1 Å². The van der Waals surface area contributed by atoms with Crippen LogP contribution in [0.25, 0.3) is 0 Å². The lowest BCUT2D eigenvalue weighted by molar-refractivity contribution is -0.150. The van der Waals surface area contributed by atoms with E-state index in [4.69, 9.17) is 9.47 Å². The van der Waals surface area contributed by atoms with Gasteiger partial charge in [0.25, 0.3) is 0 Å². The fourth-order valence-corrected chi connectivity index (χ4v) is 4.01. The second kappa shape index (κ2) is 4.66. The fraction of sp³-hybridized carbons (Fsp3) is 0.733. The van der Waals surface area contributed by atoms with E-state index in [9.17, 15) is 9.59 Å². The molecule has 0 amide bonds. The molecule has 3 aliphatic rings. The van der Waals surface area contributed by atoms with Crippen molar-refractivity contribution in [2.24, 2.45) is 11.8 Å². The van der Waals surface area contributed by atoms with Crippen molar-refractivity contribution in [2.45, 2.75) is 58.2 Å². The summed E-state index contributed by atoms with van der Waals surface area (Å²) >= 11 is 0. The first kappa shape index (κ1) is 12.7. The number of esters is 2. The second-order valence-corrected chi connectivity index (χ2v) is 5.98. The van der Waals surface area contributed by atoms with Crippen LogP contribution in [0.4, 0.5) is 0 Å². The van der Waals surface area contributed by atoms with Gasteiger partial charge in [-0.2, -0.15) is 0 Å². The third-order valence-electron chi connectivity index (χ3n) is 4.75. The Labute approximate surface area is 113 Å². The molecule has 0 spiro atoms.